The SMILES string of the molecule is CSc1ccccc1N(C)C(=O)CO. The highest BCUT2D eigenvalue weighted by Gasteiger charge is 2.11. The summed E-state index contributed by atoms with van der Waals surface area (Å²) in [6.45, 7) is -0.459. The fourth-order valence-corrected chi connectivity index (χ4v) is 1.78. The topological polar surface area (TPSA) is 40.5 Å². The van der Waals surface area contributed by atoms with E-state index in [9.17, 15) is 4.79 Å². The van der Waals surface area contributed by atoms with Gasteiger partial charge in [-0.2, -0.15) is 0 Å². The van der Waals surface area contributed by atoms with Crippen LogP contribution in [0.25, 0.3) is 0 Å². The van der Waals surface area contributed by atoms with Gasteiger partial charge in [-0.15, -0.1) is 11.8 Å². The minimum atomic E-state index is -0.459. The normalized spacial score (nSPS) is 9.93. The van der Waals surface area contributed by atoms with Crippen molar-refractivity contribution in [1.29, 1.82) is 0 Å². The first-order chi connectivity index (χ1) is 6.70. The van der Waals surface area contributed by atoms with Crippen LogP contribution in [-0.2, 0) is 4.79 Å². The van der Waals surface area contributed by atoms with Crippen LogP contribution >= 0.6 is 11.8 Å². The smallest absolute Gasteiger partial charge is 0.252 e. The van der Waals surface area contributed by atoms with Crippen molar-refractivity contribution in [3.63, 3.8) is 0 Å². The first kappa shape index (κ1) is 11.1. The molecule has 0 aliphatic heterocycles. The number of benzene rings is 1. The molecule has 1 rings (SSSR count). The Bertz CT molecular complexity index is 328. The van der Waals surface area contributed by atoms with Crippen LogP contribution in [0.3, 0.4) is 0 Å². The lowest BCUT2D eigenvalue weighted by molar-refractivity contribution is -0.120. The zero-order chi connectivity index (χ0) is 10.6. The molecule has 0 spiro atoms. The van der Waals surface area contributed by atoms with Gasteiger partial charge in [-0.3, -0.25) is 4.79 Å². The number of likely N-dealkylation sites (N-methyl/N-ethyl adjacent to an activating group) is 1. The molecule has 14 heavy (non-hydrogen) atoms. The Balaban J connectivity index is 2.99. The van der Waals surface area contributed by atoms with Gasteiger partial charge in [0.1, 0.15) is 6.61 Å². The second kappa shape index (κ2) is 5.02. The van der Waals surface area contributed by atoms with Gasteiger partial charge < -0.3 is 10.0 Å². The lowest BCUT2D eigenvalue weighted by Crippen LogP contribution is -2.29. The third kappa shape index (κ3) is 2.27. The van der Waals surface area contributed by atoms with E-state index >= 15 is 0 Å². The van der Waals surface area contributed by atoms with Gasteiger partial charge in [0.15, 0.2) is 0 Å². The second-order valence-electron chi connectivity index (χ2n) is 2.78. The number of nitrogens with zero attached hydrogens (tertiary/aromatic N) is 1. The Hall–Kier alpha value is -1.00. The van der Waals surface area contributed by atoms with Crippen LogP contribution in [0.5, 0.6) is 0 Å². The number of anilines is 1. The fourth-order valence-electron chi connectivity index (χ4n) is 1.15. The van der Waals surface area contributed by atoms with Gasteiger partial charge in [0.25, 0.3) is 5.91 Å². The number of rotatable bonds is 3. The minimum Gasteiger partial charge on any atom is -0.387 e. The molecule has 0 heterocycles. The number of hydrogen-bond donors (Lipinski definition) is 1. The van der Waals surface area contributed by atoms with Crippen molar-refractivity contribution in [3.8, 4) is 0 Å². The first-order valence-electron chi connectivity index (χ1n) is 4.21. The third-order valence-electron chi connectivity index (χ3n) is 1.96. The number of thioether (sulfide) groups is 1. The number of para-hydroxylation sites is 1. The molecule has 0 saturated heterocycles. The van der Waals surface area contributed by atoms with Crippen molar-refractivity contribution in [2.24, 2.45) is 0 Å². The van der Waals surface area contributed by atoms with Gasteiger partial charge >= 0.3 is 0 Å². The molecule has 1 aromatic rings. The summed E-state index contributed by atoms with van der Waals surface area (Å²) in [6.07, 6.45) is 1.95. The molecule has 1 N–H and O–H groups in total. The predicted octanol–water partition coefficient (Wildman–Crippen LogP) is 1.36. The van der Waals surface area contributed by atoms with Gasteiger partial charge in [0, 0.05) is 11.9 Å². The number of carbonyl (C=O) groups excluding carboxylic acids is 1. The minimum absolute atomic E-state index is 0.300. The van der Waals surface area contributed by atoms with Gasteiger partial charge in [-0.1, -0.05) is 12.1 Å². The quantitative estimate of drug-likeness (QED) is 0.767. The Kier molecular flexibility index (Phi) is 3.98. The van der Waals surface area contributed by atoms with Gasteiger partial charge in [-0.05, 0) is 18.4 Å². The average Bonchev–Trinajstić information content (AvgIpc) is 2.26. The summed E-state index contributed by atoms with van der Waals surface area (Å²) in [5.41, 5.74) is 0.832. The van der Waals surface area contributed by atoms with E-state index in [0.29, 0.717) is 0 Å². The number of aliphatic hydroxyl groups is 1. The molecular weight excluding hydrogens is 198 g/mol. The van der Waals surface area contributed by atoms with Crippen LogP contribution in [-0.4, -0.2) is 30.9 Å². The predicted molar refractivity (Wildman–Crippen MR) is 58.7 cm³/mol. The highest BCUT2D eigenvalue weighted by Crippen LogP contribution is 2.27. The van der Waals surface area contributed by atoms with E-state index in [4.69, 9.17) is 5.11 Å². The number of carbonyl (C=O) groups is 1. The van der Waals surface area contributed by atoms with Crippen molar-refractivity contribution < 1.29 is 9.90 Å². The molecule has 0 aliphatic rings. The molecule has 4 heteroatoms. The zero-order valence-electron chi connectivity index (χ0n) is 8.23. The standard InChI is InChI=1S/C10H13NO2S/c1-11(10(13)7-12)8-5-3-4-6-9(8)14-2/h3-6,12H,7H2,1-2H3. The van der Waals surface area contributed by atoms with Gasteiger partial charge in [0.2, 0.25) is 0 Å². The van der Waals surface area contributed by atoms with Crippen molar-refractivity contribution in [3.05, 3.63) is 24.3 Å². The van der Waals surface area contributed by atoms with E-state index in [1.54, 1.807) is 18.8 Å². The average molecular weight is 211 g/mol. The summed E-state index contributed by atoms with van der Waals surface area (Å²) < 4.78 is 0. The molecule has 0 bridgehead atoms. The molecule has 3 nitrogen and oxygen atoms in total. The monoisotopic (exact) mass is 211 g/mol. The molecule has 1 aromatic carbocycles. The van der Waals surface area contributed by atoms with E-state index in [2.05, 4.69) is 0 Å². The number of hydrogen-bond acceptors (Lipinski definition) is 3. The summed E-state index contributed by atoms with van der Waals surface area (Å²) in [5.74, 6) is -0.300. The van der Waals surface area contributed by atoms with E-state index in [1.807, 2.05) is 30.5 Å². The van der Waals surface area contributed by atoms with E-state index in [0.717, 1.165) is 10.6 Å². The third-order valence-corrected chi connectivity index (χ3v) is 2.74. The maximum absolute atomic E-state index is 11.2. The summed E-state index contributed by atoms with van der Waals surface area (Å²) in [5, 5.41) is 8.73. The first-order valence-corrected chi connectivity index (χ1v) is 5.43. The Morgan fingerprint density at radius 2 is 2.14 bits per heavy atom. The molecule has 0 aromatic heterocycles. The second-order valence-corrected chi connectivity index (χ2v) is 3.63. The fraction of sp³-hybridized carbons (Fsp3) is 0.300. The van der Waals surface area contributed by atoms with E-state index < -0.39 is 6.61 Å². The zero-order valence-corrected chi connectivity index (χ0v) is 9.04. The largest absolute Gasteiger partial charge is 0.387 e. The van der Waals surface area contributed by atoms with Crippen LogP contribution in [0, 0.1) is 0 Å². The van der Waals surface area contributed by atoms with Gasteiger partial charge in [0.05, 0.1) is 5.69 Å². The summed E-state index contributed by atoms with van der Waals surface area (Å²) in [7, 11) is 1.66. The molecule has 0 radical (unpaired) electrons. The summed E-state index contributed by atoms with van der Waals surface area (Å²) in [6, 6.07) is 7.60. The van der Waals surface area contributed by atoms with Crippen molar-refractivity contribution in [2.75, 3.05) is 24.8 Å². The van der Waals surface area contributed by atoms with Crippen molar-refractivity contribution >= 4 is 23.4 Å². The highest BCUT2D eigenvalue weighted by molar-refractivity contribution is 7.98. The summed E-state index contributed by atoms with van der Waals surface area (Å²) in [4.78, 5) is 13.7. The number of amides is 1. The molecule has 0 saturated carbocycles. The van der Waals surface area contributed by atoms with E-state index in [-0.39, 0.29) is 5.91 Å². The van der Waals surface area contributed by atoms with Crippen LogP contribution < -0.4 is 4.90 Å². The van der Waals surface area contributed by atoms with Crippen LogP contribution in [0.4, 0.5) is 5.69 Å². The van der Waals surface area contributed by atoms with E-state index in [1.165, 1.54) is 4.90 Å². The summed E-state index contributed by atoms with van der Waals surface area (Å²) >= 11 is 1.58. The van der Waals surface area contributed by atoms with Crippen molar-refractivity contribution in [2.45, 2.75) is 4.90 Å². The Morgan fingerprint density at radius 1 is 1.50 bits per heavy atom. The van der Waals surface area contributed by atoms with Crippen molar-refractivity contribution in [1.82, 2.24) is 0 Å². The lowest BCUT2D eigenvalue weighted by atomic mass is 10.3. The van der Waals surface area contributed by atoms with Crippen LogP contribution in [0.1, 0.15) is 0 Å². The highest BCUT2D eigenvalue weighted by atomic mass is 32.2. The van der Waals surface area contributed by atoms with Crippen LogP contribution in [0.2, 0.25) is 0 Å². The maximum Gasteiger partial charge on any atom is 0.252 e. The molecular formula is C10H13NO2S. The molecule has 0 atom stereocenters. The van der Waals surface area contributed by atoms with Crippen LogP contribution in [0.15, 0.2) is 29.2 Å². The van der Waals surface area contributed by atoms with Gasteiger partial charge in [-0.25, -0.2) is 0 Å². The lowest BCUT2D eigenvalue weighted by Gasteiger charge is -2.18. The molecule has 0 unspecified atom stereocenters. The maximum atomic E-state index is 11.2. The molecule has 76 valence electrons. The molecule has 1 amide bonds. The molecule has 0 aliphatic carbocycles. The Labute approximate surface area is 87.7 Å². The molecule has 0 fully saturated rings. The Morgan fingerprint density at radius 3 is 2.71 bits per heavy atom. The number of aliphatic hydroxyl groups excluding tert-OH is 1.